The van der Waals surface area contributed by atoms with Gasteiger partial charge in [0.15, 0.2) is 11.2 Å². The van der Waals surface area contributed by atoms with Crippen LogP contribution in [-0.2, 0) is 4.79 Å². The molecule has 0 aliphatic heterocycles. The van der Waals surface area contributed by atoms with Crippen LogP contribution in [-0.4, -0.2) is 21.1 Å². The molecular formula is C17H17N3O2S. The molecule has 6 heteroatoms. The fraction of sp³-hybridized carbons (Fsp3) is 0.235. The van der Waals surface area contributed by atoms with Crippen molar-refractivity contribution in [3.63, 3.8) is 0 Å². The fourth-order valence-corrected chi connectivity index (χ4v) is 2.87. The minimum Gasteiger partial charge on any atom is -0.430 e. The van der Waals surface area contributed by atoms with Gasteiger partial charge in [-0.2, -0.15) is 4.98 Å². The molecule has 1 N–H and O–H groups in total. The van der Waals surface area contributed by atoms with E-state index < -0.39 is 0 Å². The van der Waals surface area contributed by atoms with Crippen molar-refractivity contribution in [3.05, 3.63) is 47.7 Å². The summed E-state index contributed by atoms with van der Waals surface area (Å²) in [5.74, 6) is -0.0843. The zero-order chi connectivity index (χ0) is 16.4. The third-order valence-electron chi connectivity index (χ3n) is 3.65. The van der Waals surface area contributed by atoms with Crippen LogP contribution in [0.15, 0.2) is 46.2 Å². The summed E-state index contributed by atoms with van der Waals surface area (Å²) in [4.78, 5) is 20.8. The van der Waals surface area contributed by atoms with Gasteiger partial charge in [-0.15, -0.1) is 0 Å². The first-order chi connectivity index (χ1) is 11.0. The Labute approximate surface area is 138 Å². The summed E-state index contributed by atoms with van der Waals surface area (Å²) in [5, 5.41) is 3.08. The molecule has 1 aromatic carbocycles. The van der Waals surface area contributed by atoms with Gasteiger partial charge < -0.3 is 9.73 Å². The number of aromatic nitrogens is 2. The Bertz CT molecular complexity index is 827. The van der Waals surface area contributed by atoms with Gasteiger partial charge in [-0.3, -0.25) is 4.79 Å². The summed E-state index contributed by atoms with van der Waals surface area (Å²) >= 11 is 1.28. The Morgan fingerprint density at radius 2 is 2.09 bits per heavy atom. The first kappa shape index (κ1) is 15.6. The minimum atomic E-state index is -0.331. The third-order valence-corrected chi connectivity index (χ3v) is 4.60. The lowest BCUT2D eigenvalue weighted by Gasteiger charge is -2.13. The van der Waals surface area contributed by atoms with E-state index in [0.717, 1.165) is 16.8 Å². The van der Waals surface area contributed by atoms with Gasteiger partial charge in [0.05, 0.1) is 5.25 Å². The van der Waals surface area contributed by atoms with E-state index in [1.165, 1.54) is 11.8 Å². The second kappa shape index (κ2) is 6.42. The number of carbonyl (C=O) groups excluding carboxylic acids is 1. The number of oxazole rings is 1. The maximum atomic E-state index is 12.4. The zero-order valence-corrected chi connectivity index (χ0v) is 14.0. The molecule has 0 saturated heterocycles. The Kier molecular flexibility index (Phi) is 4.34. The second-order valence-corrected chi connectivity index (χ2v) is 6.59. The van der Waals surface area contributed by atoms with Crippen molar-refractivity contribution in [2.45, 2.75) is 31.2 Å². The van der Waals surface area contributed by atoms with Crippen LogP contribution in [0.3, 0.4) is 0 Å². The van der Waals surface area contributed by atoms with Crippen LogP contribution in [0.2, 0.25) is 0 Å². The van der Waals surface area contributed by atoms with Gasteiger partial charge in [-0.25, -0.2) is 4.98 Å². The number of hydrogen-bond acceptors (Lipinski definition) is 5. The molecule has 0 radical (unpaired) electrons. The zero-order valence-electron chi connectivity index (χ0n) is 13.2. The SMILES string of the molecule is Cc1cccc(NC(=O)C(C)Sc2nc3ncccc3o2)c1C. The van der Waals surface area contributed by atoms with Gasteiger partial charge in [0.1, 0.15) is 0 Å². The largest absolute Gasteiger partial charge is 0.430 e. The standard InChI is InChI=1S/C17H17N3O2S/c1-10-6-4-7-13(11(10)2)19-16(21)12(3)23-17-20-15-14(22-17)8-5-9-18-15/h4-9,12H,1-3H3,(H,19,21). The Morgan fingerprint density at radius 1 is 1.26 bits per heavy atom. The van der Waals surface area contributed by atoms with Crippen LogP contribution in [0.4, 0.5) is 5.69 Å². The van der Waals surface area contributed by atoms with Crippen molar-refractivity contribution >= 4 is 34.6 Å². The molecular weight excluding hydrogens is 310 g/mol. The number of nitrogens with zero attached hydrogens (tertiary/aromatic N) is 2. The van der Waals surface area contributed by atoms with Gasteiger partial charge in [0.2, 0.25) is 5.91 Å². The topological polar surface area (TPSA) is 68.0 Å². The molecule has 3 aromatic rings. The summed E-state index contributed by atoms with van der Waals surface area (Å²) < 4.78 is 5.59. The highest BCUT2D eigenvalue weighted by Crippen LogP contribution is 2.27. The molecule has 5 nitrogen and oxygen atoms in total. The van der Waals surface area contributed by atoms with Gasteiger partial charge in [-0.05, 0) is 50.1 Å². The average molecular weight is 327 g/mol. The van der Waals surface area contributed by atoms with E-state index in [2.05, 4.69) is 15.3 Å². The number of nitrogens with one attached hydrogen (secondary N) is 1. The molecule has 0 bridgehead atoms. The van der Waals surface area contributed by atoms with E-state index >= 15 is 0 Å². The van der Waals surface area contributed by atoms with E-state index in [4.69, 9.17) is 4.42 Å². The lowest BCUT2D eigenvalue weighted by atomic mass is 10.1. The van der Waals surface area contributed by atoms with Gasteiger partial charge >= 0.3 is 0 Å². The van der Waals surface area contributed by atoms with E-state index in [1.807, 2.05) is 39.0 Å². The summed E-state index contributed by atoms with van der Waals surface area (Å²) in [6.45, 7) is 5.84. The first-order valence-electron chi connectivity index (χ1n) is 7.30. The quantitative estimate of drug-likeness (QED) is 0.735. The Balaban J connectivity index is 1.71. The number of thioether (sulfide) groups is 1. The number of aryl methyl sites for hydroxylation is 1. The molecule has 0 fully saturated rings. The second-order valence-electron chi connectivity index (χ2n) is 5.30. The number of amides is 1. The third kappa shape index (κ3) is 3.37. The summed E-state index contributed by atoms with van der Waals surface area (Å²) in [6.07, 6.45) is 1.66. The normalized spacial score (nSPS) is 12.3. The summed E-state index contributed by atoms with van der Waals surface area (Å²) in [6, 6.07) is 9.45. The number of pyridine rings is 1. The molecule has 1 atom stereocenters. The van der Waals surface area contributed by atoms with Crippen LogP contribution in [0.5, 0.6) is 0 Å². The van der Waals surface area contributed by atoms with Crippen LogP contribution in [0, 0.1) is 13.8 Å². The monoisotopic (exact) mass is 327 g/mol. The highest BCUT2D eigenvalue weighted by molar-refractivity contribution is 8.00. The number of fused-ring (bicyclic) bond motifs is 1. The minimum absolute atomic E-state index is 0.0843. The lowest BCUT2D eigenvalue weighted by molar-refractivity contribution is -0.115. The maximum absolute atomic E-state index is 12.4. The van der Waals surface area contributed by atoms with Crippen LogP contribution < -0.4 is 5.32 Å². The summed E-state index contributed by atoms with van der Waals surface area (Å²) in [5.41, 5.74) is 4.23. The Morgan fingerprint density at radius 3 is 2.87 bits per heavy atom. The van der Waals surface area contributed by atoms with E-state index in [9.17, 15) is 4.79 Å². The summed E-state index contributed by atoms with van der Waals surface area (Å²) in [7, 11) is 0. The fourth-order valence-electron chi connectivity index (χ4n) is 2.13. The van der Waals surface area contributed by atoms with Gasteiger partial charge in [0.25, 0.3) is 5.22 Å². The maximum Gasteiger partial charge on any atom is 0.259 e. The van der Waals surface area contributed by atoms with E-state index in [0.29, 0.717) is 16.5 Å². The number of anilines is 1. The molecule has 0 saturated carbocycles. The number of carbonyl (C=O) groups is 1. The molecule has 3 rings (SSSR count). The van der Waals surface area contributed by atoms with E-state index in [-0.39, 0.29) is 11.2 Å². The smallest absolute Gasteiger partial charge is 0.259 e. The van der Waals surface area contributed by atoms with Gasteiger partial charge in [-0.1, -0.05) is 23.9 Å². The van der Waals surface area contributed by atoms with Crippen molar-refractivity contribution < 1.29 is 9.21 Å². The molecule has 1 amide bonds. The van der Waals surface area contributed by atoms with Crippen LogP contribution >= 0.6 is 11.8 Å². The number of rotatable bonds is 4. The molecule has 23 heavy (non-hydrogen) atoms. The van der Waals surface area contributed by atoms with Crippen LogP contribution in [0.1, 0.15) is 18.1 Å². The molecule has 0 spiro atoms. The van der Waals surface area contributed by atoms with Crippen molar-refractivity contribution in [2.24, 2.45) is 0 Å². The molecule has 0 aliphatic carbocycles. The van der Waals surface area contributed by atoms with Crippen LogP contribution in [0.25, 0.3) is 11.2 Å². The van der Waals surface area contributed by atoms with Crippen molar-refractivity contribution in [1.82, 2.24) is 9.97 Å². The highest BCUT2D eigenvalue weighted by Gasteiger charge is 2.19. The first-order valence-corrected chi connectivity index (χ1v) is 8.18. The lowest BCUT2D eigenvalue weighted by Crippen LogP contribution is -2.23. The molecule has 2 heterocycles. The molecule has 118 valence electrons. The van der Waals surface area contributed by atoms with Crippen molar-refractivity contribution in [1.29, 1.82) is 0 Å². The Hall–Kier alpha value is -2.34. The number of hydrogen-bond donors (Lipinski definition) is 1. The van der Waals surface area contributed by atoms with Crippen molar-refractivity contribution in [2.75, 3.05) is 5.32 Å². The molecule has 0 aliphatic rings. The highest BCUT2D eigenvalue weighted by atomic mass is 32.2. The predicted octanol–water partition coefficient (Wildman–Crippen LogP) is 3.96. The van der Waals surface area contributed by atoms with Gasteiger partial charge in [0, 0.05) is 11.9 Å². The predicted molar refractivity (Wildman–Crippen MR) is 91.7 cm³/mol. The molecule has 1 unspecified atom stereocenters. The van der Waals surface area contributed by atoms with E-state index in [1.54, 1.807) is 18.3 Å². The average Bonchev–Trinajstić information content (AvgIpc) is 2.93. The van der Waals surface area contributed by atoms with Crippen molar-refractivity contribution in [3.8, 4) is 0 Å². The molecule has 2 aromatic heterocycles. The number of benzene rings is 1.